The molecule has 4 rings (SSSR count). The van der Waals surface area contributed by atoms with Crippen molar-refractivity contribution in [2.75, 3.05) is 25.5 Å². The van der Waals surface area contributed by atoms with Crippen LogP contribution in [0.3, 0.4) is 0 Å². The summed E-state index contributed by atoms with van der Waals surface area (Å²) in [6.45, 7) is 5.68. The minimum absolute atomic E-state index is 0.0505. The Labute approximate surface area is 226 Å². The molecule has 3 aromatic rings. The summed E-state index contributed by atoms with van der Waals surface area (Å²) in [4.78, 5) is 8.39. The van der Waals surface area contributed by atoms with Crippen molar-refractivity contribution in [3.63, 3.8) is 0 Å². The molecule has 38 heavy (non-hydrogen) atoms. The van der Waals surface area contributed by atoms with Crippen LogP contribution in [0, 0.1) is 0 Å². The lowest BCUT2D eigenvalue weighted by atomic mass is 10.2. The van der Waals surface area contributed by atoms with Crippen molar-refractivity contribution in [2.24, 2.45) is 0 Å². The van der Waals surface area contributed by atoms with Gasteiger partial charge in [-0.3, -0.25) is 9.29 Å². The van der Waals surface area contributed by atoms with E-state index in [4.69, 9.17) is 30.5 Å². The van der Waals surface area contributed by atoms with Crippen molar-refractivity contribution in [2.45, 2.75) is 57.2 Å². The molecule has 3 heterocycles. The molecule has 1 aliphatic rings. The number of hydrogen-bond acceptors (Lipinski definition) is 10. The van der Waals surface area contributed by atoms with Crippen molar-refractivity contribution < 1.29 is 27.4 Å². The number of nitrogens with zero attached hydrogens (tertiary/aromatic N) is 5. The number of hydrogen-bond donors (Lipinski definition) is 1. The number of ether oxygens (including phenoxy) is 4. The van der Waals surface area contributed by atoms with E-state index in [1.165, 1.54) is 33.5 Å². The fraction of sp³-hybridized carbons (Fsp3) is 0.500. The van der Waals surface area contributed by atoms with Gasteiger partial charge in [0.05, 0.1) is 25.3 Å². The van der Waals surface area contributed by atoms with E-state index in [1.54, 1.807) is 36.6 Å². The van der Waals surface area contributed by atoms with Crippen LogP contribution in [0.5, 0.6) is 11.5 Å². The van der Waals surface area contributed by atoms with Crippen molar-refractivity contribution in [3.8, 4) is 17.2 Å². The number of rotatable bonds is 11. The molecule has 0 bridgehead atoms. The molecule has 12 nitrogen and oxygen atoms in total. The summed E-state index contributed by atoms with van der Waals surface area (Å²) in [5.74, 6) is 1.44. The van der Waals surface area contributed by atoms with E-state index in [9.17, 15) is 8.42 Å². The summed E-state index contributed by atoms with van der Waals surface area (Å²) >= 11 is 5.94. The predicted molar refractivity (Wildman–Crippen MR) is 140 cm³/mol. The van der Waals surface area contributed by atoms with Crippen molar-refractivity contribution in [1.29, 1.82) is 0 Å². The third-order valence-corrected chi connectivity index (χ3v) is 7.88. The number of aromatic nitrogens is 5. The molecule has 0 radical (unpaired) electrons. The van der Waals surface area contributed by atoms with Crippen LogP contribution in [0.1, 0.15) is 57.5 Å². The number of nitrogens with one attached hydrogen (secondary N) is 1. The lowest BCUT2D eigenvalue weighted by molar-refractivity contribution is 0.00154. The molecule has 3 atom stereocenters. The molecule has 0 saturated carbocycles. The molecule has 206 valence electrons. The second kappa shape index (κ2) is 11.8. The number of methoxy groups -OCH3 is 2. The Morgan fingerprint density at radius 2 is 1.76 bits per heavy atom. The van der Waals surface area contributed by atoms with Gasteiger partial charge >= 0.3 is 0 Å². The fourth-order valence-corrected chi connectivity index (χ4v) is 5.33. The van der Waals surface area contributed by atoms with Gasteiger partial charge in [0.2, 0.25) is 16.0 Å². The highest BCUT2D eigenvalue weighted by atomic mass is 35.5. The maximum atomic E-state index is 13.7. The largest absolute Gasteiger partial charge is 0.494 e. The first-order valence-corrected chi connectivity index (χ1v) is 14.0. The van der Waals surface area contributed by atoms with Gasteiger partial charge in [0, 0.05) is 19.0 Å². The topological polar surface area (TPSA) is 140 Å². The van der Waals surface area contributed by atoms with E-state index in [2.05, 4.69) is 24.9 Å². The first kappa shape index (κ1) is 28.0. The van der Waals surface area contributed by atoms with E-state index in [0.717, 1.165) is 6.42 Å². The summed E-state index contributed by atoms with van der Waals surface area (Å²) in [7, 11) is -1.10. The van der Waals surface area contributed by atoms with Crippen molar-refractivity contribution >= 4 is 27.6 Å². The van der Waals surface area contributed by atoms with Gasteiger partial charge in [-0.1, -0.05) is 17.7 Å². The van der Waals surface area contributed by atoms with E-state index >= 15 is 0 Å². The van der Waals surface area contributed by atoms with Crippen LogP contribution in [0.4, 0.5) is 5.95 Å². The highest BCUT2D eigenvalue weighted by molar-refractivity contribution is 7.93. The normalized spacial score (nSPS) is 17.4. The molecular weight excluding hydrogens is 536 g/mol. The minimum atomic E-state index is -4.13. The van der Waals surface area contributed by atoms with E-state index in [1.807, 2.05) is 0 Å². The van der Waals surface area contributed by atoms with Gasteiger partial charge in [0.25, 0.3) is 0 Å². The molecule has 1 N–H and O–H groups in total. The smallest absolute Gasteiger partial charge is 0.243 e. The highest BCUT2D eigenvalue weighted by Gasteiger charge is 2.37. The minimum Gasteiger partial charge on any atom is -0.494 e. The Morgan fingerprint density at radius 3 is 2.32 bits per heavy atom. The van der Waals surface area contributed by atoms with Gasteiger partial charge in [-0.05, 0) is 45.7 Å². The second-order valence-electron chi connectivity index (χ2n) is 8.95. The van der Waals surface area contributed by atoms with Gasteiger partial charge in [-0.2, -0.15) is 0 Å². The Hall–Kier alpha value is -3.00. The van der Waals surface area contributed by atoms with Crippen LogP contribution < -0.4 is 14.2 Å². The lowest BCUT2D eigenvalue weighted by Crippen LogP contribution is -2.35. The molecule has 0 aliphatic carbocycles. The fourth-order valence-electron chi connectivity index (χ4n) is 4.15. The van der Waals surface area contributed by atoms with Crippen LogP contribution in [-0.2, 0) is 19.5 Å². The monoisotopic (exact) mass is 566 g/mol. The maximum absolute atomic E-state index is 13.7. The molecule has 2 aromatic heterocycles. The van der Waals surface area contributed by atoms with Crippen LogP contribution in [0.15, 0.2) is 30.6 Å². The molecule has 1 fully saturated rings. The average Bonchev–Trinajstić information content (AvgIpc) is 3.56. The summed E-state index contributed by atoms with van der Waals surface area (Å²) in [6.07, 6.45) is 2.67. The van der Waals surface area contributed by atoms with Gasteiger partial charge in [-0.25, -0.2) is 18.4 Å². The van der Waals surface area contributed by atoms with E-state index in [0.29, 0.717) is 41.1 Å². The summed E-state index contributed by atoms with van der Waals surface area (Å²) < 4.78 is 54.6. The van der Waals surface area contributed by atoms with Gasteiger partial charge < -0.3 is 18.9 Å². The molecule has 1 aliphatic heterocycles. The van der Waals surface area contributed by atoms with Gasteiger partial charge in [0.15, 0.2) is 11.6 Å². The Balaban J connectivity index is 1.78. The Bertz CT molecular complexity index is 1320. The molecule has 0 unspecified atom stereocenters. The summed E-state index contributed by atoms with van der Waals surface area (Å²) in [5.41, 5.74) is 0.439. The number of sulfonamides is 1. The molecule has 0 spiro atoms. The number of anilines is 1. The van der Waals surface area contributed by atoms with E-state index in [-0.39, 0.29) is 24.0 Å². The number of benzene rings is 1. The van der Waals surface area contributed by atoms with Crippen LogP contribution in [0.2, 0.25) is 5.02 Å². The first-order chi connectivity index (χ1) is 18.2. The van der Waals surface area contributed by atoms with Crippen LogP contribution in [-0.4, -0.2) is 65.3 Å². The maximum Gasteiger partial charge on any atom is 0.243 e. The molecule has 1 saturated heterocycles. The number of halogens is 1. The number of para-hydroxylation sites is 1. The Kier molecular flexibility index (Phi) is 8.71. The van der Waals surface area contributed by atoms with Gasteiger partial charge in [0.1, 0.15) is 34.6 Å². The quantitative estimate of drug-likeness (QED) is 0.363. The second-order valence-corrected chi connectivity index (χ2v) is 11.4. The van der Waals surface area contributed by atoms with Crippen molar-refractivity contribution in [1.82, 2.24) is 24.7 Å². The van der Waals surface area contributed by atoms with Crippen molar-refractivity contribution in [3.05, 3.63) is 47.3 Å². The molecule has 0 amide bonds. The molecule has 14 heteroatoms. The van der Waals surface area contributed by atoms with E-state index < -0.39 is 21.4 Å². The highest BCUT2D eigenvalue weighted by Crippen LogP contribution is 2.39. The first-order valence-electron chi connectivity index (χ1n) is 12.1. The zero-order chi connectivity index (χ0) is 27.4. The van der Waals surface area contributed by atoms with Crippen LogP contribution >= 0.6 is 11.6 Å². The molecule has 1 aromatic carbocycles. The zero-order valence-electron chi connectivity index (χ0n) is 21.8. The third kappa shape index (κ3) is 5.85. The lowest BCUT2D eigenvalue weighted by Gasteiger charge is -2.25. The zero-order valence-corrected chi connectivity index (χ0v) is 23.4. The third-order valence-electron chi connectivity index (χ3n) is 5.99. The molecular formula is C24H31ClN6O6S. The average molecular weight is 567 g/mol. The predicted octanol–water partition coefficient (Wildman–Crippen LogP) is 3.88. The standard InChI is InChI=1S/C24H31ClN6O6S/c1-14(2)37-21(22-26-12-16(25)13-27-22)15(3)38(32,33)30-24-29-28-23(19-10-7-11-36-19)31(24)20-17(34-4)8-6-9-18(20)35-5/h6,8-9,12-15,19,21H,7,10-11H2,1-5H3,(H,29,30)/t15-,19-,21+/m0/s1. The Morgan fingerprint density at radius 1 is 1.11 bits per heavy atom. The SMILES string of the molecule is COc1cccc(OC)c1-n1c(NS(=O)(=O)[C@@H](C)[C@@H](OC(C)C)c2ncc(Cl)cn2)nnc1[C@@H]1CCCO1. The summed E-state index contributed by atoms with van der Waals surface area (Å²) in [6, 6.07) is 5.24. The van der Waals surface area contributed by atoms with Crippen LogP contribution in [0.25, 0.3) is 5.69 Å². The van der Waals surface area contributed by atoms with Gasteiger partial charge in [-0.15, -0.1) is 10.2 Å². The summed E-state index contributed by atoms with van der Waals surface area (Å²) in [5, 5.41) is 7.71.